The third kappa shape index (κ3) is 2.45. The van der Waals surface area contributed by atoms with Crippen molar-refractivity contribution in [2.24, 2.45) is 0 Å². The maximum atomic E-state index is 13.7. The number of piperazine rings is 1. The van der Waals surface area contributed by atoms with Gasteiger partial charge in [0.2, 0.25) is 11.8 Å². The molecule has 0 aliphatic carbocycles. The van der Waals surface area contributed by atoms with Crippen molar-refractivity contribution in [3.8, 4) is 0 Å². The van der Waals surface area contributed by atoms with Crippen LogP contribution in [0.4, 0.5) is 10.1 Å². The van der Waals surface area contributed by atoms with Crippen molar-refractivity contribution < 1.29 is 14.0 Å². The summed E-state index contributed by atoms with van der Waals surface area (Å²) < 4.78 is 13.7. The number of anilines is 1. The van der Waals surface area contributed by atoms with Gasteiger partial charge >= 0.3 is 0 Å². The molecule has 1 fully saturated rings. The zero-order chi connectivity index (χ0) is 14.0. The Bertz CT molecular complexity index is 504. The fourth-order valence-electron chi connectivity index (χ4n) is 2.32. The van der Waals surface area contributed by atoms with E-state index in [0.29, 0.717) is 19.5 Å². The summed E-state index contributed by atoms with van der Waals surface area (Å²) in [5.74, 6) is -0.703. The molecule has 1 saturated heterocycles. The first-order chi connectivity index (χ1) is 9.06. The molecule has 0 saturated carbocycles. The lowest BCUT2D eigenvalue weighted by atomic mass is 10.1. The largest absolute Gasteiger partial charge is 0.329 e. The molecule has 0 N–H and O–H groups in total. The molecule has 0 radical (unpaired) electrons. The third-order valence-corrected chi connectivity index (χ3v) is 3.42. The van der Waals surface area contributed by atoms with Crippen LogP contribution >= 0.6 is 0 Å². The average Bonchev–Trinajstić information content (AvgIpc) is 2.42. The Labute approximate surface area is 111 Å². The molecule has 0 aromatic heterocycles. The Morgan fingerprint density at radius 1 is 1.37 bits per heavy atom. The van der Waals surface area contributed by atoms with E-state index in [2.05, 4.69) is 0 Å². The maximum absolute atomic E-state index is 13.7. The fraction of sp³-hybridized carbons (Fsp3) is 0.429. The molecule has 1 heterocycles. The monoisotopic (exact) mass is 264 g/mol. The lowest BCUT2D eigenvalue weighted by molar-refractivity contribution is -0.140. The van der Waals surface area contributed by atoms with E-state index < -0.39 is 11.9 Å². The van der Waals surface area contributed by atoms with E-state index >= 15 is 0 Å². The number of hydrogen-bond acceptors (Lipinski definition) is 2. The van der Waals surface area contributed by atoms with E-state index in [1.54, 1.807) is 36.9 Å². The molecular weight excluding hydrogens is 247 g/mol. The van der Waals surface area contributed by atoms with Gasteiger partial charge in [-0.15, -0.1) is 0 Å². The van der Waals surface area contributed by atoms with E-state index in [4.69, 9.17) is 0 Å². The second-order valence-corrected chi connectivity index (χ2v) is 4.56. The summed E-state index contributed by atoms with van der Waals surface area (Å²) in [6, 6.07) is 5.65. The summed E-state index contributed by atoms with van der Waals surface area (Å²) in [6.45, 7) is 4.22. The zero-order valence-electron chi connectivity index (χ0n) is 11.1. The van der Waals surface area contributed by atoms with Crippen LogP contribution in [-0.2, 0) is 9.59 Å². The number of hydrogen-bond donors (Lipinski definition) is 0. The Kier molecular flexibility index (Phi) is 3.83. The molecule has 1 atom stereocenters. The van der Waals surface area contributed by atoms with Gasteiger partial charge in [-0.1, -0.05) is 19.1 Å². The zero-order valence-corrected chi connectivity index (χ0v) is 11.1. The van der Waals surface area contributed by atoms with Gasteiger partial charge < -0.3 is 9.80 Å². The molecule has 2 rings (SSSR count). The number of carbonyl (C=O) groups is 2. The number of amides is 2. The highest BCUT2D eigenvalue weighted by atomic mass is 19.1. The van der Waals surface area contributed by atoms with Gasteiger partial charge in [0, 0.05) is 19.5 Å². The van der Waals surface area contributed by atoms with Crippen molar-refractivity contribution >= 4 is 17.5 Å². The topological polar surface area (TPSA) is 40.6 Å². The summed E-state index contributed by atoms with van der Waals surface area (Å²) in [4.78, 5) is 27.0. The van der Waals surface area contributed by atoms with Gasteiger partial charge in [-0.3, -0.25) is 9.59 Å². The lowest BCUT2D eigenvalue weighted by Crippen LogP contribution is -2.57. The van der Waals surface area contributed by atoms with E-state index in [1.165, 1.54) is 11.0 Å². The van der Waals surface area contributed by atoms with E-state index in [0.717, 1.165) is 0 Å². The number of para-hydroxylation sites is 1. The van der Waals surface area contributed by atoms with E-state index in [-0.39, 0.29) is 17.5 Å². The molecular formula is C14H17FN2O2. The number of nitrogens with zero attached hydrogens (tertiary/aromatic N) is 2. The van der Waals surface area contributed by atoms with Gasteiger partial charge in [0.1, 0.15) is 11.9 Å². The minimum atomic E-state index is -0.541. The quantitative estimate of drug-likeness (QED) is 0.817. The van der Waals surface area contributed by atoms with Crippen molar-refractivity contribution in [3.05, 3.63) is 30.1 Å². The minimum absolute atomic E-state index is 0.0472. The third-order valence-electron chi connectivity index (χ3n) is 3.42. The Morgan fingerprint density at radius 3 is 2.68 bits per heavy atom. The maximum Gasteiger partial charge on any atom is 0.249 e. The Morgan fingerprint density at radius 2 is 2.05 bits per heavy atom. The Hall–Kier alpha value is -1.91. The highest BCUT2D eigenvalue weighted by Gasteiger charge is 2.35. The highest BCUT2D eigenvalue weighted by molar-refractivity contribution is 6.00. The Balaban J connectivity index is 2.23. The van der Waals surface area contributed by atoms with Gasteiger partial charge in [-0.25, -0.2) is 4.39 Å². The van der Waals surface area contributed by atoms with Gasteiger partial charge in [-0.05, 0) is 19.1 Å². The molecule has 0 unspecified atom stereocenters. The van der Waals surface area contributed by atoms with Crippen LogP contribution < -0.4 is 4.90 Å². The first kappa shape index (κ1) is 13.5. The molecule has 19 heavy (non-hydrogen) atoms. The molecule has 5 heteroatoms. The molecule has 0 spiro atoms. The van der Waals surface area contributed by atoms with Crippen LogP contribution in [0.1, 0.15) is 20.3 Å². The van der Waals surface area contributed by atoms with Crippen LogP contribution in [0.2, 0.25) is 0 Å². The van der Waals surface area contributed by atoms with Gasteiger partial charge in [0.25, 0.3) is 0 Å². The second kappa shape index (κ2) is 5.38. The van der Waals surface area contributed by atoms with Crippen LogP contribution in [0, 0.1) is 5.82 Å². The molecule has 1 aliphatic rings. The van der Waals surface area contributed by atoms with Gasteiger partial charge in [0.05, 0.1) is 5.69 Å². The standard InChI is InChI=1S/C14H17FN2O2/c1-3-13(18)16-8-9-17(14(19)10(16)2)12-7-5-4-6-11(12)15/h4-7,10H,3,8-9H2,1-2H3/t10-/m1/s1. The van der Waals surface area contributed by atoms with Crippen LogP contribution in [0.15, 0.2) is 24.3 Å². The lowest BCUT2D eigenvalue weighted by Gasteiger charge is -2.39. The SMILES string of the molecule is CCC(=O)N1CCN(c2ccccc2F)C(=O)[C@H]1C. The number of benzene rings is 1. The average molecular weight is 264 g/mol. The summed E-state index contributed by atoms with van der Waals surface area (Å²) >= 11 is 0. The predicted molar refractivity (Wildman–Crippen MR) is 70.2 cm³/mol. The number of halogens is 1. The van der Waals surface area contributed by atoms with Crippen LogP contribution in [-0.4, -0.2) is 35.8 Å². The fourth-order valence-corrected chi connectivity index (χ4v) is 2.32. The summed E-state index contributed by atoms with van der Waals surface area (Å²) in [6.07, 6.45) is 0.372. The molecule has 4 nitrogen and oxygen atoms in total. The number of rotatable bonds is 2. The van der Waals surface area contributed by atoms with E-state index in [1.807, 2.05) is 0 Å². The van der Waals surface area contributed by atoms with Crippen molar-refractivity contribution in [1.82, 2.24) is 4.90 Å². The van der Waals surface area contributed by atoms with Crippen molar-refractivity contribution in [2.75, 3.05) is 18.0 Å². The summed E-state index contributed by atoms with van der Waals surface area (Å²) in [7, 11) is 0. The second-order valence-electron chi connectivity index (χ2n) is 4.56. The molecule has 1 aromatic carbocycles. The first-order valence-corrected chi connectivity index (χ1v) is 6.41. The molecule has 2 amide bonds. The first-order valence-electron chi connectivity index (χ1n) is 6.41. The number of carbonyl (C=O) groups excluding carboxylic acids is 2. The summed E-state index contributed by atoms with van der Waals surface area (Å²) in [5, 5.41) is 0. The molecule has 0 bridgehead atoms. The predicted octanol–water partition coefficient (Wildman–Crippen LogP) is 1.80. The van der Waals surface area contributed by atoms with Crippen LogP contribution in [0.25, 0.3) is 0 Å². The van der Waals surface area contributed by atoms with Gasteiger partial charge in [-0.2, -0.15) is 0 Å². The van der Waals surface area contributed by atoms with Crippen LogP contribution in [0.3, 0.4) is 0 Å². The summed E-state index contributed by atoms with van der Waals surface area (Å²) in [5.41, 5.74) is 0.281. The van der Waals surface area contributed by atoms with Crippen molar-refractivity contribution in [3.63, 3.8) is 0 Å². The van der Waals surface area contributed by atoms with Crippen molar-refractivity contribution in [2.45, 2.75) is 26.3 Å². The highest BCUT2D eigenvalue weighted by Crippen LogP contribution is 2.23. The smallest absolute Gasteiger partial charge is 0.249 e. The van der Waals surface area contributed by atoms with Crippen LogP contribution in [0.5, 0.6) is 0 Å². The van der Waals surface area contributed by atoms with Gasteiger partial charge in [0.15, 0.2) is 0 Å². The van der Waals surface area contributed by atoms with Crippen molar-refractivity contribution in [1.29, 1.82) is 0 Å². The molecule has 1 aromatic rings. The normalized spacial score (nSPS) is 19.7. The molecule has 102 valence electrons. The van der Waals surface area contributed by atoms with E-state index in [9.17, 15) is 14.0 Å². The minimum Gasteiger partial charge on any atom is -0.329 e. The molecule has 1 aliphatic heterocycles.